The van der Waals surface area contributed by atoms with Crippen molar-refractivity contribution in [3.63, 3.8) is 0 Å². The number of carbonyl (C=O) groups excluding carboxylic acids is 2. The Hall–Kier alpha value is -3.15. The molecule has 2 heterocycles. The molecule has 152 valence electrons. The van der Waals surface area contributed by atoms with Gasteiger partial charge in [0.15, 0.2) is 0 Å². The average molecular weight is 393 g/mol. The first-order valence-corrected chi connectivity index (χ1v) is 9.77. The molecule has 0 bridgehead atoms. The Bertz CT molecular complexity index is 860. The third kappa shape index (κ3) is 5.67. The Kier molecular flexibility index (Phi) is 6.32. The van der Waals surface area contributed by atoms with Crippen molar-refractivity contribution in [3.8, 4) is 11.1 Å². The van der Waals surface area contributed by atoms with Crippen molar-refractivity contribution in [2.24, 2.45) is 0 Å². The molecule has 1 aliphatic rings. The molecule has 6 heteroatoms. The van der Waals surface area contributed by atoms with E-state index in [1.54, 1.807) is 11.0 Å². The lowest BCUT2D eigenvalue weighted by atomic mass is 10.1. The number of aldehydes is 1. The number of ether oxygens (including phenoxy) is 1. The second-order valence-electron chi connectivity index (χ2n) is 7.98. The topological polar surface area (TPSA) is 62.7 Å². The number of hydrogen-bond donors (Lipinski definition) is 0. The van der Waals surface area contributed by atoms with E-state index in [1.165, 1.54) is 6.08 Å². The molecule has 1 saturated heterocycles. The summed E-state index contributed by atoms with van der Waals surface area (Å²) in [5.41, 5.74) is 2.61. The predicted octanol–water partition coefficient (Wildman–Crippen LogP) is 4.02. The van der Waals surface area contributed by atoms with Crippen molar-refractivity contribution in [3.05, 3.63) is 54.2 Å². The monoisotopic (exact) mass is 393 g/mol. The lowest BCUT2D eigenvalue weighted by Gasteiger charge is -2.36. The number of benzene rings is 1. The van der Waals surface area contributed by atoms with E-state index < -0.39 is 5.60 Å². The van der Waals surface area contributed by atoms with Gasteiger partial charge in [-0.2, -0.15) is 0 Å². The number of pyridine rings is 1. The van der Waals surface area contributed by atoms with Crippen LogP contribution in [0, 0.1) is 0 Å². The van der Waals surface area contributed by atoms with Crippen molar-refractivity contribution in [1.82, 2.24) is 9.88 Å². The summed E-state index contributed by atoms with van der Waals surface area (Å²) < 4.78 is 5.44. The fraction of sp³-hybridized carbons (Fsp3) is 0.348. The largest absolute Gasteiger partial charge is 0.444 e. The summed E-state index contributed by atoms with van der Waals surface area (Å²) >= 11 is 0. The number of amides is 1. The van der Waals surface area contributed by atoms with E-state index in [1.807, 2.05) is 57.3 Å². The number of carbonyl (C=O) groups is 2. The minimum Gasteiger partial charge on any atom is -0.444 e. The summed E-state index contributed by atoms with van der Waals surface area (Å²) in [5.74, 6) is 0.906. The van der Waals surface area contributed by atoms with Crippen molar-refractivity contribution >= 4 is 24.3 Å². The molecule has 0 radical (unpaired) electrons. The fourth-order valence-corrected chi connectivity index (χ4v) is 3.13. The van der Waals surface area contributed by atoms with Gasteiger partial charge in [0.2, 0.25) is 0 Å². The first-order valence-electron chi connectivity index (χ1n) is 9.77. The van der Waals surface area contributed by atoms with E-state index in [9.17, 15) is 9.59 Å². The Morgan fingerprint density at radius 2 is 1.66 bits per heavy atom. The highest BCUT2D eigenvalue weighted by Gasteiger charge is 2.26. The molecular weight excluding hydrogens is 366 g/mol. The number of allylic oxidation sites excluding steroid dienone is 1. The van der Waals surface area contributed by atoms with Crippen molar-refractivity contribution < 1.29 is 14.3 Å². The predicted molar refractivity (Wildman–Crippen MR) is 115 cm³/mol. The van der Waals surface area contributed by atoms with Gasteiger partial charge in [-0.05, 0) is 50.1 Å². The van der Waals surface area contributed by atoms with Crippen LogP contribution in [0.3, 0.4) is 0 Å². The Morgan fingerprint density at radius 1 is 1.00 bits per heavy atom. The Labute approximate surface area is 171 Å². The molecule has 0 atom stereocenters. The maximum absolute atomic E-state index is 12.2. The molecule has 1 aromatic carbocycles. The van der Waals surface area contributed by atoms with Crippen molar-refractivity contribution in [2.45, 2.75) is 26.4 Å². The van der Waals surface area contributed by atoms with Crippen LogP contribution >= 0.6 is 0 Å². The SMILES string of the molecule is CC(C)(C)OC(=O)N1CCN(c2ccc(-c3ccc(/C=C/C=O)cc3)cn2)CC1. The molecule has 0 unspecified atom stereocenters. The van der Waals surface area contributed by atoms with E-state index in [4.69, 9.17) is 4.74 Å². The molecule has 1 amide bonds. The molecule has 29 heavy (non-hydrogen) atoms. The van der Waals surface area contributed by atoms with Crippen LogP contribution in [0.1, 0.15) is 26.3 Å². The van der Waals surface area contributed by atoms with Crippen LogP contribution in [0.4, 0.5) is 10.6 Å². The van der Waals surface area contributed by atoms with Gasteiger partial charge in [0.25, 0.3) is 0 Å². The molecule has 0 N–H and O–H groups in total. The number of anilines is 1. The number of hydrogen-bond acceptors (Lipinski definition) is 5. The first-order chi connectivity index (χ1) is 13.9. The summed E-state index contributed by atoms with van der Waals surface area (Å²) in [6.07, 6.45) is 5.63. The molecule has 0 spiro atoms. The average Bonchev–Trinajstić information content (AvgIpc) is 2.72. The van der Waals surface area contributed by atoms with Gasteiger partial charge in [0.05, 0.1) is 0 Å². The van der Waals surface area contributed by atoms with Crippen LogP contribution in [0.2, 0.25) is 0 Å². The third-order valence-electron chi connectivity index (χ3n) is 4.61. The number of aromatic nitrogens is 1. The third-order valence-corrected chi connectivity index (χ3v) is 4.61. The minimum absolute atomic E-state index is 0.258. The molecule has 0 aliphatic carbocycles. The Balaban J connectivity index is 1.59. The minimum atomic E-state index is -0.478. The van der Waals surface area contributed by atoms with Crippen LogP contribution in [-0.2, 0) is 9.53 Å². The Morgan fingerprint density at radius 3 is 2.21 bits per heavy atom. The van der Waals surface area contributed by atoms with E-state index in [0.29, 0.717) is 13.1 Å². The number of nitrogens with zero attached hydrogens (tertiary/aromatic N) is 3. The summed E-state index contributed by atoms with van der Waals surface area (Å²) in [5, 5.41) is 0. The second-order valence-corrected chi connectivity index (χ2v) is 7.98. The van der Waals surface area contributed by atoms with Gasteiger partial charge in [-0.3, -0.25) is 4.79 Å². The summed E-state index contributed by atoms with van der Waals surface area (Å²) in [7, 11) is 0. The number of piperazine rings is 1. The lowest BCUT2D eigenvalue weighted by Crippen LogP contribution is -2.50. The summed E-state index contributed by atoms with van der Waals surface area (Å²) in [6.45, 7) is 8.32. The van der Waals surface area contributed by atoms with Crippen molar-refractivity contribution in [2.75, 3.05) is 31.1 Å². The maximum Gasteiger partial charge on any atom is 0.410 e. The fourth-order valence-electron chi connectivity index (χ4n) is 3.13. The van der Waals surface area contributed by atoms with Crippen LogP contribution in [-0.4, -0.2) is 54.0 Å². The van der Waals surface area contributed by atoms with Crippen LogP contribution in [0.5, 0.6) is 0 Å². The van der Waals surface area contributed by atoms with Crippen LogP contribution in [0.15, 0.2) is 48.7 Å². The van der Waals surface area contributed by atoms with Gasteiger partial charge < -0.3 is 14.5 Å². The van der Waals surface area contributed by atoms with Crippen molar-refractivity contribution in [1.29, 1.82) is 0 Å². The lowest BCUT2D eigenvalue weighted by molar-refractivity contribution is -0.104. The standard InChI is InChI=1S/C23H27N3O3/c1-23(2,3)29-22(28)26-14-12-25(13-15-26)21-11-10-20(17-24-21)19-8-6-18(7-9-19)5-4-16-27/h4-11,16-17H,12-15H2,1-3H3/b5-4+. The molecule has 6 nitrogen and oxygen atoms in total. The molecule has 1 fully saturated rings. The van der Waals surface area contributed by atoms with E-state index >= 15 is 0 Å². The summed E-state index contributed by atoms with van der Waals surface area (Å²) in [6, 6.07) is 12.0. The number of rotatable bonds is 4. The van der Waals surface area contributed by atoms with Crippen LogP contribution < -0.4 is 4.90 Å². The molecule has 3 rings (SSSR count). The van der Waals surface area contributed by atoms with E-state index in [0.717, 1.165) is 41.9 Å². The highest BCUT2D eigenvalue weighted by Crippen LogP contribution is 2.23. The zero-order valence-electron chi connectivity index (χ0n) is 17.2. The van der Waals surface area contributed by atoms with Gasteiger partial charge in [0, 0.05) is 37.9 Å². The van der Waals surface area contributed by atoms with Gasteiger partial charge in [-0.15, -0.1) is 0 Å². The molecular formula is C23H27N3O3. The van der Waals surface area contributed by atoms with E-state index in [-0.39, 0.29) is 6.09 Å². The zero-order chi connectivity index (χ0) is 20.9. The second kappa shape index (κ2) is 8.90. The smallest absolute Gasteiger partial charge is 0.410 e. The molecule has 2 aromatic rings. The van der Waals surface area contributed by atoms with Gasteiger partial charge in [-0.1, -0.05) is 30.3 Å². The van der Waals surface area contributed by atoms with Gasteiger partial charge in [-0.25, -0.2) is 9.78 Å². The van der Waals surface area contributed by atoms with Crippen LogP contribution in [0.25, 0.3) is 17.2 Å². The normalized spacial score (nSPS) is 14.9. The molecule has 0 saturated carbocycles. The van der Waals surface area contributed by atoms with E-state index in [2.05, 4.69) is 16.0 Å². The molecule has 1 aromatic heterocycles. The highest BCUT2D eigenvalue weighted by molar-refractivity contribution is 5.74. The quantitative estimate of drug-likeness (QED) is 0.580. The van der Waals surface area contributed by atoms with Gasteiger partial charge >= 0.3 is 6.09 Å². The van der Waals surface area contributed by atoms with Gasteiger partial charge in [0.1, 0.15) is 17.7 Å². The zero-order valence-corrected chi connectivity index (χ0v) is 17.2. The first kappa shape index (κ1) is 20.6. The maximum atomic E-state index is 12.2. The highest BCUT2D eigenvalue weighted by atomic mass is 16.6. The summed E-state index contributed by atoms with van der Waals surface area (Å²) in [4.78, 5) is 31.1. The molecule has 1 aliphatic heterocycles.